The number of rotatable bonds is 4. The van der Waals surface area contributed by atoms with Crippen molar-refractivity contribution in [3.05, 3.63) is 53.2 Å². The summed E-state index contributed by atoms with van der Waals surface area (Å²) in [5.74, 6) is 0.103. The first kappa shape index (κ1) is 18.7. The van der Waals surface area contributed by atoms with E-state index in [4.69, 9.17) is 11.6 Å². The summed E-state index contributed by atoms with van der Waals surface area (Å²) in [5.41, 5.74) is 0.361. The first-order valence-electron chi connectivity index (χ1n) is 8.47. The lowest BCUT2D eigenvalue weighted by molar-refractivity contribution is -0.114. The second-order valence-electron chi connectivity index (χ2n) is 6.15. The van der Waals surface area contributed by atoms with E-state index in [-0.39, 0.29) is 11.8 Å². The fourth-order valence-electron chi connectivity index (χ4n) is 2.85. The van der Waals surface area contributed by atoms with Gasteiger partial charge in [0.05, 0.1) is 0 Å². The Labute approximate surface area is 162 Å². The van der Waals surface area contributed by atoms with E-state index in [0.29, 0.717) is 29.9 Å². The summed E-state index contributed by atoms with van der Waals surface area (Å²) in [6.07, 6.45) is 1.87. The first-order valence-corrected chi connectivity index (χ1v) is 9.73. The summed E-state index contributed by atoms with van der Waals surface area (Å²) in [6, 6.07) is 12.9. The van der Waals surface area contributed by atoms with Gasteiger partial charge in [0.2, 0.25) is 5.91 Å². The molecule has 136 valence electrons. The molecule has 5 nitrogen and oxygen atoms in total. The highest BCUT2D eigenvalue weighted by molar-refractivity contribution is 8.00. The zero-order chi connectivity index (χ0) is 18.5. The Bertz CT molecular complexity index is 790. The number of nitrogens with zero attached hydrogens (tertiary/aromatic N) is 2. The maximum atomic E-state index is 12.7. The molecule has 1 aromatic heterocycles. The number of hydrogen-bond acceptors (Lipinski definition) is 4. The maximum absolute atomic E-state index is 12.7. The number of aromatic nitrogens is 1. The smallest absolute Gasteiger partial charge is 0.272 e. The standard InChI is InChI=1S/C19H20ClN3O2S/c1-13(24)21-18-4-2-3-17(22-18)19(25)23-11-9-16(10-12-23)26-15-7-5-14(20)6-8-15/h2-8,16H,9-12H2,1H3,(H,21,22,24). The molecule has 0 spiro atoms. The van der Waals surface area contributed by atoms with Gasteiger partial charge in [-0.05, 0) is 49.2 Å². The van der Waals surface area contributed by atoms with Gasteiger partial charge in [0, 0.05) is 35.2 Å². The molecule has 2 amide bonds. The fraction of sp³-hybridized carbons (Fsp3) is 0.316. The molecule has 1 aliphatic heterocycles. The summed E-state index contributed by atoms with van der Waals surface area (Å²) in [4.78, 5) is 31.1. The molecule has 0 saturated carbocycles. The Morgan fingerprint density at radius 3 is 2.50 bits per heavy atom. The average molecular weight is 390 g/mol. The number of carbonyl (C=O) groups excluding carboxylic acids is 2. The van der Waals surface area contributed by atoms with Gasteiger partial charge in [-0.15, -0.1) is 11.8 Å². The fourth-order valence-corrected chi connectivity index (χ4v) is 4.10. The van der Waals surface area contributed by atoms with Crippen LogP contribution in [0.4, 0.5) is 5.82 Å². The van der Waals surface area contributed by atoms with Crippen LogP contribution in [-0.2, 0) is 4.79 Å². The molecule has 0 bridgehead atoms. The molecule has 1 N–H and O–H groups in total. The second-order valence-corrected chi connectivity index (χ2v) is 7.96. The summed E-state index contributed by atoms with van der Waals surface area (Å²) in [5, 5.41) is 3.83. The lowest BCUT2D eigenvalue weighted by atomic mass is 10.1. The summed E-state index contributed by atoms with van der Waals surface area (Å²) >= 11 is 7.76. The van der Waals surface area contributed by atoms with Crippen LogP contribution in [0.2, 0.25) is 5.02 Å². The van der Waals surface area contributed by atoms with Crippen molar-refractivity contribution in [3.8, 4) is 0 Å². The van der Waals surface area contributed by atoms with Crippen LogP contribution >= 0.6 is 23.4 Å². The third-order valence-corrected chi connectivity index (χ3v) is 5.72. The van der Waals surface area contributed by atoms with Crippen LogP contribution in [-0.4, -0.2) is 40.0 Å². The molecule has 26 heavy (non-hydrogen) atoms. The van der Waals surface area contributed by atoms with Crippen LogP contribution in [0.3, 0.4) is 0 Å². The average Bonchev–Trinajstić information content (AvgIpc) is 2.63. The molecule has 7 heteroatoms. The van der Waals surface area contributed by atoms with E-state index in [1.807, 2.05) is 40.9 Å². The zero-order valence-corrected chi connectivity index (χ0v) is 16.0. The largest absolute Gasteiger partial charge is 0.337 e. The summed E-state index contributed by atoms with van der Waals surface area (Å²) in [7, 11) is 0. The third kappa shape index (κ3) is 4.99. The zero-order valence-electron chi connectivity index (χ0n) is 14.4. The lowest BCUT2D eigenvalue weighted by Crippen LogP contribution is -2.39. The molecule has 0 atom stereocenters. The number of likely N-dealkylation sites (tertiary alicyclic amines) is 1. The van der Waals surface area contributed by atoms with E-state index >= 15 is 0 Å². The second kappa shape index (κ2) is 8.56. The van der Waals surface area contributed by atoms with Crippen molar-refractivity contribution >= 4 is 41.0 Å². The molecule has 0 unspecified atom stereocenters. The minimum absolute atomic E-state index is 0.0906. The van der Waals surface area contributed by atoms with Crippen molar-refractivity contribution in [2.45, 2.75) is 29.9 Å². The van der Waals surface area contributed by atoms with Crippen molar-refractivity contribution in [2.75, 3.05) is 18.4 Å². The van der Waals surface area contributed by atoms with Gasteiger partial charge in [-0.2, -0.15) is 0 Å². The Morgan fingerprint density at radius 2 is 1.85 bits per heavy atom. The van der Waals surface area contributed by atoms with E-state index < -0.39 is 0 Å². The topological polar surface area (TPSA) is 62.3 Å². The summed E-state index contributed by atoms with van der Waals surface area (Å²) in [6.45, 7) is 2.82. The van der Waals surface area contributed by atoms with Gasteiger partial charge < -0.3 is 10.2 Å². The van der Waals surface area contributed by atoms with Crippen molar-refractivity contribution in [1.82, 2.24) is 9.88 Å². The number of carbonyl (C=O) groups is 2. The SMILES string of the molecule is CC(=O)Nc1cccc(C(=O)N2CCC(Sc3ccc(Cl)cc3)CC2)n1. The minimum Gasteiger partial charge on any atom is -0.337 e. The number of halogens is 1. The Hall–Kier alpha value is -2.05. The molecule has 0 radical (unpaired) electrons. The molecule has 1 fully saturated rings. The van der Waals surface area contributed by atoms with Gasteiger partial charge in [-0.3, -0.25) is 9.59 Å². The van der Waals surface area contributed by atoms with Gasteiger partial charge in [0.1, 0.15) is 11.5 Å². The quantitative estimate of drug-likeness (QED) is 0.855. The van der Waals surface area contributed by atoms with Crippen molar-refractivity contribution < 1.29 is 9.59 Å². The Morgan fingerprint density at radius 1 is 1.15 bits per heavy atom. The monoisotopic (exact) mass is 389 g/mol. The van der Waals surface area contributed by atoms with Gasteiger partial charge in [-0.25, -0.2) is 4.98 Å². The highest BCUT2D eigenvalue weighted by atomic mass is 35.5. The number of nitrogens with one attached hydrogen (secondary N) is 1. The van der Waals surface area contributed by atoms with E-state index in [0.717, 1.165) is 17.9 Å². The van der Waals surface area contributed by atoms with Crippen molar-refractivity contribution in [2.24, 2.45) is 0 Å². The number of anilines is 1. The Balaban J connectivity index is 1.56. The van der Waals surface area contributed by atoms with Crippen LogP contribution in [0.1, 0.15) is 30.3 Å². The Kier molecular flexibility index (Phi) is 6.16. The molecular weight excluding hydrogens is 370 g/mol. The summed E-state index contributed by atoms with van der Waals surface area (Å²) < 4.78 is 0. The van der Waals surface area contributed by atoms with Crippen LogP contribution < -0.4 is 5.32 Å². The highest BCUT2D eigenvalue weighted by Gasteiger charge is 2.25. The number of amides is 2. The van der Waals surface area contributed by atoms with Gasteiger partial charge in [-0.1, -0.05) is 17.7 Å². The molecule has 3 rings (SSSR count). The van der Waals surface area contributed by atoms with E-state index in [2.05, 4.69) is 10.3 Å². The minimum atomic E-state index is -0.206. The van der Waals surface area contributed by atoms with Crippen LogP contribution in [0.25, 0.3) is 0 Å². The molecule has 1 aliphatic rings. The van der Waals surface area contributed by atoms with Crippen molar-refractivity contribution in [3.63, 3.8) is 0 Å². The third-order valence-electron chi connectivity index (χ3n) is 4.12. The normalized spacial score (nSPS) is 14.9. The predicted molar refractivity (Wildman–Crippen MR) is 105 cm³/mol. The van der Waals surface area contributed by atoms with Gasteiger partial charge in [0.15, 0.2) is 0 Å². The van der Waals surface area contributed by atoms with Gasteiger partial charge >= 0.3 is 0 Å². The van der Waals surface area contributed by atoms with Gasteiger partial charge in [0.25, 0.3) is 5.91 Å². The molecule has 1 aromatic carbocycles. The maximum Gasteiger partial charge on any atom is 0.272 e. The van der Waals surface area contributed by atoms with Crippen LogP contribution in [0.15, 0.2) is 47.4 Å². The predicted octanol–water partition coefficient (Wildman–Crippen LogP) is 4.09. The number of thioether (sulfide) groups is 1. The van der Waals surface area contributed by atoms with E-state index in [9.17, 15) is 9.59 Å². The number of piperidine rings is 1. The van der Waals surface area contributed by atoms with Crippen molar-refractivity contribution in [1.29, 1.82) is 0 Å². The molecular formula is C19H20ClN3O2S. The first-order chi connectivity index (χ1) is 12.5. The van der Waals surface area contributed by atoms with E-state index in [1.165, 1.54) is 11.8 Å². The van der Waals surface area contributed by atoms with E-state index in [1.54, 1.807) is 18.2 Å². The molecule has 2 heterocycles. The highest BCUT2D eigenvalue weighted by Crippen LogP contribution is 2.31. The molecule has 1 saturated heterocycles. The molecule has 2 aromatic rings. The molecule has 0 aliphatic carbocycles. The van der Waals surface area contributed by atoms with Crippen LogP contribution in [0, 0.1) is 0 Å². The number of benzene rings is 1. The number of pyridine rings is 1. The van der Waals surface area contributed by atoms with Crippen LogP contribution in [0.5, 0.6) is 0 Å². The number of hydrogen-bond donors (Lipinski definition) is 1. The lowest BCUT2D eigenvalue weighted by Gasteiger charge is -2.31.